The molecule has 1 unspecified atom stereocenters. The number of nitrogens with zero attached hydrogens (tertiary/aromatic N) is 2. The second kappa shape index (κ2) is 5.35. The molecule has 15 heavy (non-hydrogen) atoms. The molecule has 2 N–H and O–H groups in total. The molecule has 2 heterocycles. The predicted octanol–water partition coefficient (Wildman–Crippen LogP) is 0.267. The summed E-state index contributed by atoms with van der Waals surface area (Å²) < 4.78 is 0. The summed E-state index contributed by atoms with van der Waals surface area (Å²) in [5, 5.41) is 6.85. The molecular weight excluding hydrogens is 188 g/mol. The number of rotatable bonds is 3. The largest absolute Gasteiger partial charge is 0.356 e. The van der Waals surface area contributed by atoms with Gasteiger partial charge in [0.15, 0.2) is 5.96 Å². The molecule has 0 saturated carbocycles. The fraction of sp³-hybridized carbons (Fsp3) is 0.909. The lowest BCUT2D eigenvalue weighted by Crippen LogP contribution is -2.42. The first-order valence-corrected chi connectivity index (χ1v) is 6.06. The van der Waals surface area contributed by atoms with E-state index in [1.807, 2.05) is 0 Å². The van der Waals surface area contributed by atoms with E-state index in [-0.39, 0.29) is 0 Å². The van der Waals surface area contributed by atoms with E-state index in [2.05, 4.69) is 27.6 Å². The van der Waals surface area contributed by atoms with Crippen LogP contribution in [-0.4, -0.2) is 50.6 Å². The monoisotopic (exact) mass is 210 g/mol. The van der Waals surface area contributed by atoms with Gasteiger partial charge in [-0.3, -0.25) is 4.99 Å². The standard InChI is InChI=1S/C11H22N4/c1-15-8-2-5-13-11(15)14-7-4-10-3-6-12-9-10/h10,12H,2-9H2,1H3,(H,13,14). The van der Waals surface area contributed by atoms with E-state index in [1.54, 1.807) is 0 Å². The smallest absolute Gasteiger partial charge is 0.193 e. The molecule has 1 saturated heterocycles. The maximum atomic E-state index is 4.49. The lowest BCUT2D eigenvalue weighted by atomic mass is 10.1. The van der Waals surface area contributed by atoms with E-state index in [4.69, 9.17) is 0 Å². The van der Waals surface area contributed by atoms with Gasteiger partial charge in [-0.1, -0.05) is 0 Å². The van der Waals surface area contributed by atoms with Gasteiger partial charge in [0.25, 0.3) is 0 Å². The molecule has 2 aliphatic heterocycles. The Hall–Kier alpha value is -0.770. The van der Waals surface area contributed by atoms with Crippen LogP contribution in [0.1, 0.15) is 19.3 Å². The van der Waals surface area contributed by atoms with Crippen molar-refractivity contribution >= 4 is 5.96 Å². The molecule has 0 aliphatic carbocycles. The number of aliphatic imine (C=N–C) groups is 1. The van der Waals surface area contributed by atoms with Crippen LogP contribution in [0.2, 0.25) is 0 Å². The number of hydrogen-bond donors (Lipinski definition) is 2. The van der Waals surface area contributed by atoms with Gasteiger partial charge < -0.3 is 15.5 Å². The highest BCUT2D eigenvalue weighted by atomic mass is 15.3. The van der Waals surface area contributed by atoms with Crippen molar-refractivity contribution in [2.24, 2.45) is 10.9 Å². The molecule has 0 radical (unpaired) electrons. The Morgan fingerprint density at radius 2 is 2.53 bits per heavy atom. The fourth-order valence-corrected chi connectivity index (χ4v) is 2.26. The summed E-state index contributed by atoms with van der Waals surface area (Å²) >= 11 is 0. The molecule has 0 aromatic carbocycles. The Morgan fingerprint density at radius 3 is 3.27 bits per heavy atom. The third-order valence-corrected chi connectivity index (χ3v) is 3.27. The van der Waals surface area contributed by atoms with Crippen LogP contribution < -0.4 is 10.6 Å². The highest BCUT2D eigenvalue weighted by Gasteiger charge is 2.15. The van der Waals surface area contributed by atoms with Crippen LogP contribution >= 0.6 is 0 Å². The molecule has 0 aromatic heterocycles. The maximum absolute atomic E-state index is 4.49. The van der Waals surface area contributed by atoms with Crippen molar-refractivity contribution in [2.45, 2.75) is 19.3 Å². The lowest BCUT2D eigenvalue weighted by molar-refractivity contribution is 0.438. The number of hydrogen-bond acceptors (Lipinski definition) is 4. The zero-order valence-electron chi connectivity index (χ0n) is 9.63. The average molecular weight is 210 g/mol. The lowest BCUT2D eigenvalue weighted by Gasteiger charge is -2.26. The minimum absolute atomic E-state index is 0.868. The van der Waals surface area contributed by atoms with Crippen molar-refractivity contribution in [3.63, 3.8) is 0 Å². The molecule has 4 heteroatoms. The second-order valence-electron chi connectivity index (χ2n) is 4.55. The van der Waals surface area contributed by atoms with Crippen molar-refractivity contribution in [3.8, 4) is 0 Å². The van der Waals surface area contributed by atoms with E-state index in [9.17, 15) is 0 Å². The molecule has 86 valence electrons. The van der Waals surface area contributed by atoms with Crippen LogP contribution in [0.4, 0.5) is 0 Å². The van der Waals surface area contributed by atoms with E-state index in [0.29, 0.717) is 0 Å². The van der Waals surface area contributed by atoms with Gasteiger partial charge in [-0.2, -0.15) is 0 Å². The third kappa shape index (κ3) is 3.09. The highest BCUT2D eigenvalue weighted by molar-refractivity contribution is 5.80. The van der Waals surface area contributed by atoms with E-state index < -0.39 is 0 Å². The van der Waals surface area contributed by atoms with Gasteiger partial charge in [0.2, 0.25) is 0 Å². The molecule has 1 fully saturated rings. The minimum atomic E-state index is 0.868. The zero-order chi connectivity index (χ0) is 10.5. The molecule has 2 rings (SSSR count). The van der Waals surface area contributed by atoms with E-state index in [0.717, 1.165) is 31.5 Å². The van der Waals surface area contributed by atoms with Gasteiger partial charge in [-0.25, -0.2) is 0 Å². The first kappa shape index (κ1) is 10.7. The topological polar surface area (TPSA) is 39.7 Å². The van der Waals surface area contributed by atoms with Crippen molar-refractivity contribution in [1.29, 1.82) is 0 Å². The summed E-state index contributed by atoms with van der Waals surface area (Å²) in [5.74, 6) is 1.96. The average Bonchev–Trinajstić information content (AvgIpc) is 2.74. The van der Waals surface area contributed by atoms with Crippen molar-refractivity contribution in [2.75, 3.05) is 39.8 Å². The van der Waals surface area contributed by atoms with Crippen LogP contribution in [0.25, 0.3) is 0 Å². The van der Waals surface area contributed by atoms with Gasteiger partial charge in [0.1, 0.15) is 0 Å². The highest BCUT2D eigenvalue weighted by Crippen LogP contribution is 2.10. The SMILES string of the molecule is CN1CCCN=C1NCCC1CCNC1. The summed E-state index contributed by atoms with van der Waals surface area (Å²) in [6.07, 6.45) is 3.79. The molecule has 0 aromatic rings. The van der Waals surface area contributed by atoms with Gasteiger partial charge in [0.05, 0.1) is 0 Å². The molecule has 0 bridgehead atoms. The third-order valence-electron chi connectivity index (χ3n) is 3.27. The molecule has 0 spiro atoms. The van der Waals surface area contributed by atoms with Crippen molar-refractivity contribution in [3.05, 3.63) is 0 Å². The first-order chi connectivity index (χ1) is 7.36. The van der Waals surface area contributed by atoms with Gasteiger partial charge >= 0.3 is 0 Å². The van der Waals surface area contributed by atoms with Crippen LogP contribution in [0, 0.1) is 5.92 Å². The number of nitrogens with one attached hydrogen (secondary N) is 2. The first-order valence-electron chi connectivity index (χ1n) is 6.06. The Balaban J connectivity index is 1.66. The summed E-state index contributed by atoms with van der Waals surface area (Å²) in [7, 11) is 2.11. The maximum Gasteiger partial charge on any atom is 0.193 e. The zero-order valence-corrected chi connectivity index (χ0v) is 9.63. The van der Waals surface area contributed by atoms with Crippen LogP contribution in [0.5, 0.6) is 0 Å². The number of guanidine groups is 1. The normalized spacial score (nSPS) is 26.6. The molecular formula is C11H22N4. The molecule has 2 aliphatic rings. The summed E-state index contributed by atoms with van der Waals surface area (Å²) in [6.45, 7) is 5.58. The molecule has 4 nitrogen and oxygen atoms in total. The Morgan fingerprint density at radius 1 is 1.60 bits per heavy atom. The molecule has 0 amide bonds. The molecule has 1 atom stereocenters. The Kier molecular flexibility index (Phi) is 3.83. The van der Waals surface area contributed by atoms with E-state index in [1.165, 1.54) is 32.4 Å². The second-order valence-corrected chi connectivity index (χ2v) is 4.55. The van der Waals surface area contributed by atoms with E-state index >= 15 is 0 Å². The van der Waals surface area contributed by atoms with Crippen LogP contribution in [0.3, 0.4) is 0 Å². The Bertz CT molecular complexity index is 221. The van der Waals surface area contributed by atoms with Crippen molar-refractivity contribution in [1.82, 2.24) is 15.5 Å². The summed E-state index contributed by atoms with van der Waals surface area (Å²) in [5.41, 5.74) is 0. The van der Waals surface area contributed by atoms with Crippen LogP contribution in [0.15, 0.2) is 4.99 Å². The van der Waals surface area contributed by atoms with Crippen LogP contribution in [-0.2, 0) is 0 Å². The quantitative estimate of drug-likeness (QED) is 0.702. The van der Waals surface area contributed by atoms with Gasteiger partial charge in [0, 0.05) is 26.7 Å². The fourth-order valence-electron chi connectivity index (χ4n) is 2.26. The summed E-state index contributed by atoms with van der Waals surface area (Å²) in [4.78, 5) is 6.71. The van der Waals surface area contributed by atoms with Crippen molar-refractivity contribution < 1.29 is 0 Å². The summed E-state index contributed by atoms with van der Waals surface area (Å²) in [6, 6.07) is 0. The van der Waals surface area contributed by atoms with Gasteiger partial charge in [-0.05, 0) is 38.3 Å². The Labute approximate surface area is 92.1 Å². The predicted molar refractivity (Wildman–Crippen MR) is 63.1 cm³/mol. The van der Waals surface area contributed by atoms with Gasteiger partial charge in [-0.15, -0.1) is 0 Å². The minimum Gasteiger partial charge on any atom is -0.356 e.